The van der Waals surface area contributed by atoms with E-state index in [0.29, 0.717) is 12.6 Å². The molecule has 0 amide bonds. The summed E-state index contributed by atoms with van der Waals surface area (Å²) in [5.41, 5.74) is 1.97. The van der Waals surface area contributed by atoms with Gasteiger partial charge in [-0.25, -0.2) is 0 Å². The predicted molar refractivity (Wildman–Crippen MR) is 84.5 cm³/mol. The number of aromatic nitrogens is 1. The lowest BCUT2D eigenvalue weighted by Crippen LogP contribution is -2.35. The highest BCUT2D eigenvalue weighted by Crippen LogP contribution is 2.20. The molecular weight excluding hydrogens is 264 g/mol. The van der Waals surface area contributed by atoms with Gasteiger partial charge in [0.05, 0.1) is 12.1 Å². The molecule has 0 unspecified atom stereocenters. The smallest absolute Gasteiger partial charge is 0.255 e. The number of hydrogen-bond donors (Lipinski definition) is 0. The number of aryl methyl sites for hydroxylation is 1. The molecule has 0 spiro atoms. The standard InChI is InChI=1S/C17H22N2O2/c1-18-16-8-4-3-6-13(16)10-14(17(18)20)11-19-9-5-7-15(19)12-21-2/h3-4,6,8,10,15H,5,7,9,11-12H2,1-2H3/t15-/m0/s1. The Morgan fingerprint density at radius 2 is 2.14 bits per heavy atom. The Bertz CT molecular complexity index is 693. The summed E-state index contributed by atoms with van der Waals surface area (Å²) in [5.74, 6) is 0. The second-order valence-electron chi connectivity index (χ2n) is 5.81. The first kappa shape index (κ1) is 14.3. The third-order valence-corrected chi connectivity index (χ3v) is 4.44. The van der Waals surface area contributed by atoms with Crippen molar-refractivity contribution in [2.45, 2.75) is 25.4 Å². The summed E-state index contributed by atoms with van der Waals surface area (Å²) in [5, 5.41) is 1.12. The first-order chi connectivity index (χ1) is 10.2. The molecule has 0 saturated carbocycles. The van der Waals surface area contributed by atoms with Crippen LogP contribution in [0.5, 0.6) is 0 Å². The van der Waals surface area contributed by atoms with E-state index in [-0.39, 0.29) is 5.56 Å². The Balaban J connectivity index is 1.94. The first-order valence-electron chi connectivity index (χ1n) is 7.51. The van der Waals surface area contributed by atoms with Crippen LogP contribution in [0.1, 0.15) is 18.4 Å². The normalized spacial score (nSPS) is 19.4. The summed E-state index contributed by atoms with van der Waals surface area (Å²) in [7, 11) is 3.59. The summed E-state index contributed by atoms with van der Waals surface area (Å²) in [6, 6.07) is 10.5. The molecule has 0 N–H and O–H groups in total. The highest BCUT2D eigenvalue weighted by molar-refractivity contribution is 5.79. The zero-order chi connectivity index (χ0) is 14.8. The second kappa shape index (κ2) is 6.00. The van der Waals surface area contributed by atoms with Gasteiger partial charge in [-0.3, -0.25) is 9.69 Å². The van der Waals surface area contributed by atoms with Crippen molar-refractivity contribution >= 4 is 10.9 Å². The third-order valence-electron chi connectivity index (χ3n) is 4.44. The van der Waals surface area contributed by atoms with Crippen molar-refractivity contribution in [3.63, 3.8) is 0 Å². The minimum atomic E-state index is 0.108. The SMILES string of the molecule is COC[C@@H]1CCCN1Cc1cc2ccccc2n(C)c1=O. The van der Waals surface area contributed by atoms with E-state index in [1.807, 2.05) is 31.3 Å². The van der Waals surface area contributed by atoms with E-state index < -0.39 is 0 Å². The summed E-state index contributed by atoms with van der Waals surface area (Å²) in [6.07, 6.45) is 2.34. The second-order valence-corrected chi connectivity index (χ2v) is 5.81. The van der Waals surface area contributed by atoms with Gasteiger partial charge in [-0.05, 0) is 36.9 Å². The van der Waals surface area contributed by atoms with Crippen molar-refractivity contribution in [2.75, 3.05) is 20.3 Å². The minimum absolute atomic E-state index is 0.108. The summed E-state index contributed by atoms with van der Waals surface area (Å²) in [6.45, 7) is 2.50. The molecule has 112 valence electrons. The van der Waals surface area contributed by atoms with Gasteiger partial charge in [-0.15, -0.1) is 0 Å². The van der Waals surface area contributed by atoms with Crippen LogP contribution in [0.15, 0.2) is 35.1 Å². The number of ether oxygens (including phenoxy) is 1. The van der Waals surface area contributed by atoms with Crippen molar-refractivity contribution in [1.29, 1.82) is 0 Å². The van der Waals surface area contributed by atoms with Gasteiger partial charge in [0.1, 0.15) is 0 Å². The van der Waals surface area contributed by atoms with Crippen LogP contribution in [0, 0.1) is 0 Å². The fourth-order valence-corrected chi connectivity index (χ4v) is 3.31. The maximum atomic E-state index is 12.5. The van der Waals surface area contributed by atoms with Gasteiger partial charge < -0.3 is 9.30 Å². The van der Waals surface area contributed by atoms with Crippen LogP contribution in [0.25, 0.3) is 10.9 Å². The molecular formula is C17H22N2O2. The number of nitrogens with zero attached hydrogens (tertiary/aromatic N) is 2. The van der Waals surface area contributed by atoms with Crippen LogP contribution in [0.2, 0.25) is 0 Å². The third kappa shape index (κ3) is 2.74. The molecule has 0 aliphatic carbocycles. The first-order valence-corrected chi connectivity index (χ1v) is 7.51. The Morgan fingerprint density at radius 1 is 1.33 bits per heavy atom. The van der Waals surface area contributed by atoms with E-state index in [4.69, 9.17) is 4.74 Å². The number of likely N-dealkylation sites (tertiary alicyclic amines) is 1. The monoisotopic (exact) mass is 286 g/mol. The number of methoxy groups -OCH3 is 1. The lowest BCUT2D eigenvalue weighted by Gasteiger charge is -2.24. The van der Waals surface area contributed by atoms with E-state index in [1.165, 1.54) is 6.42 Å². The fraction of sp³-hybridized carbons (Fsp3) is 0.471. The molecule has 1 aliphatic heterocycles. The Morgan fingerprint density at radius 3 is 2.95 bits per heavy atom. The van der Waals surface area contributed by atoms with E-state index in [9.17, 15) is 4.79 Å². The molecule has 0 radical (unpaired) electrons. The molecule has 1 aliphatic rings. The van der Waals surface area contributed by atoms with Crippen LogP contribution in [0.4, 0.5) is 0 Å². The maximum Gasteiger partial charge on any atom is 0.255 e. The highest BCUT2D eigenvalue weighted by Gasteiger charge is 2.25. The maximum absolute atomic E-state index is 12.5. The van der Waals surface area contributed by atoms with Gasteiger partial charge in [0.2, 0.25) is 0 Å². The van der Waals surface area contributed by atoms with E-state index in [1.54, 1.807) is 11.7 Å². The average molecular weight is 286 g/mol. The predicted octanol–water partition coefficient (Wildman–Crippen LogP) is 2.15. The summed E-state index contributed by atoms with van der Waals surface area (Å²) >= 11 is 0. The van der Waals surface area contributed by atoms with Gasteiger partial charge >= 0.3 is 0 Å². The van der Waals surface area contributed by atoms with Crippen LogP contribution < -0.4 is 5.56 Å². The molecule has 1 saturated heterocycles. The van der Waals surface area contributed by atoms with Crippen LogP contribution in [-0.4, -0.2) is 35.8 Å². The van der Waals surface area contributed by atoms with Crippen LogP contribution in [0.3, 0.4) is 0 Å². The van der Waals surface area contributed by atoms with Crippen molar-refractivity contribution in [3.05, 3.63) is 46.2 Å². The summed E-state index contributed by atoms with van der Waals surface area (Å²) in [4.78, 5) is 14.9. The number of hydrogen-bond acceptors (Lipinski definition) is 3. The molecule has 1 fully saturated rings. The molecule has 2 aromatic rings. The topological polar surface area (TPSA) is 34.5 Å². The highest BCUT2D eigenvalue weighted by atomic mass is 16.5. The van der Waals surface area contributed by atoms with Crippen molar-refractivity contribution < 1.29 is 4.74 Å². The molecule has 0 bridgehead atoms. The van der Waals surface area contributed by atoms with Gasteiger partial charge in [-0.2, -0.15) is 0 Å². The molecule has 21 heavy (non-hydrogen) atoms. The Labute approximate surface area is 124 Å². The van der Waals surface area contributed by atoms with Gasteiger partial charge in [0.25, 0.3) is 5.56 Å². The molecule has 4 heteroatoms. The number of para-hydroxylation sites is 1. The Hall–Kier alpha value is -1.65. The van der Waals surface area contributed by atoms with E-state index in [0.717, 1.165) is 36.0 Å². The molecule has 2 heterocycles. The van der Waals surface area contributed by atoms with Gasteiger partial charge in [-0.1, -0.05) is 18.2 Å². The zero-order valence-electron chi connectivity index (χ0n) is 12.7. The summed E-state index contributed by atoms with van der Waals surface area (Å²) < 4.78 is 7.05. The van der Waals surface area contributed by atoms with Crippen molar-refractivity contribution in [1.82, 2.24) is 9.47 Å². The largest absolute Gasteiger partial charge is 0.383 e. The van der Waals surface area contributed by atoms with E-state index >= 15 is 0 Å². The van der Waals surface area contributed by atoms with E-state index in [2.05, 4.69) is 11.0 Å². The average Bonchev–Trinajstić information content (AvgIpc) is 2.92. The number of fused-ring (bicyclic) bond motifs is 1. The minimum Gasteiger partial charge on any atom is -0.383 e. The zero-order valence-corrected chi connectivity index (χ0v) is 12.7. The quantitative estimate of drug-likeness (QED) is 0.864. The Kier molecular flexibility index (Phi) is 4.08. The number of pyridine rings is 1. The van der Waals surface area contributed by atoms with Crippen LogP contribution >= 0.6 is 0 Å². The number of benzene rings is 1. The van der Waals surface area contributed by atoms with Crippen LogP contribution in [-0.2, 0) is 18.3 Å². The molecule has 1 atom stereocenters. The molecule has 4 nitrogen and oxygen atoms in total. The van der Waals surface area contributed by atoms with Gasteiger partial charge in [0.15, 0.2) is 0 Å². The van der Waals surface area contributed by atoms with Crippen molar-refractivity contribution in [3.8, 4) is 0 Å². The lowest BCUT2D eigenvalue weighted by molar-refractivity contribution is 0.111. The van der Waals surface area contributed by atoms with Gasteiger partial charge in [0, 0.05) is 32.3 Å². The molecule has 1 aromatic carbocycles. The lowest BCUT2D eigenvalue weighted by atomic mass is 10.1. The fourth-order valence-electron chi connectivity index (χ4n) is 3.31. The molecule has 3 rings (SSSR count). The van der Waals surface area contributed by atoms with Crippen molar-refractivity contribution in [2.24, 2.45) is 7.05 Å². The number of rotatable bonds is 4. The molecule has 1 aromatic heterocycles.